The molecule has 0 bridgehead atoms. The van der Waals surface area contributed by atoms with E-state index in [0.717, 1.165) is 35.2 Å². The van der Waals surface area contributed by atoms with Gasteiger partial charge < -0.3 is 0 Å². The van der Waals surface area contributed by atoms with Gasteiger partial charge >= 0.3 is 0 Å². The summed E-state index contributed by atoms with van der Waals surface area (Å²) in [7, 11) is -1.24. The standard InChI is InChI=1S/C21H27N7O2S/c1-4-31(29,30)27-9-6-19(7-10-27)28-15-18(13-24-28)20-5-8-22-21(25-20)11-16(2)17-12-23-26(3)14-17/h5,8,11-15,19H,4,6-7,9-10H2,1-3H3/b16-11-. The van der Waals surface area contributed by atoms with Crippen LogP contribution in [0.5, 0.6) is 0 Å². The van der Waals surface area contributed by atoms with Crippen molar-refractivity contribution in [3.05, 3.63) is 48.4 Å². The predicted octanol–water partition coefficient (Wildman–Crippen LogP) is 2.62. The zero-order valence-corrected chi connectivity index (χ0v) is 18.8. The molecule has 1 aliphatic heterocycles. The van der Waals surface area contributed by atoms with E-state index in [9.17, 15) is 8.42 Å². The van der Waals surface area contributed by atoms with Gasteiger partial charge in [-0.05, 0) is 44.4 Å². The molecule has 9 nitrogen and oxygen atoms in total. The second-order valence-electron chi connectivity index (χ2n) is 7.77. The monoisotopic (exact) mass is 441 g/mol. The number of rotatable bonds is 6. The Balaban J connectivity index is 1.48. The van der Waals surface area contributed by atoms with Crippen molar-refractivity contribution >= 4 is 21.7 Å². The fourth-order valence-electron chi connectivity index (χ4n) is 3.74. The first kappa shape index (κ1) is 21.4. The molecule has 0 N–H and O–H groups in total. The lowest BCUT2D eigenvalue weighted by molar-refractivity contribution is 0.261. The van der Waals surface area contributed by atoms with Gasteiger partial charge in [0.25, 0.3) is 0 Å². The van der Waals surface area contributed by atoms with Crippen LogP contribution in [0.3, 0.4) is 0 Å². The highest BCUT2D eigenvalue weighted by Gasteiger charge is 2.27. The minimum Gasteiger partial charge on any atom is -0.275 e. The Morgan fingerprint density at radius 3 is 2.65 bits per heavy atom. The largest absolute Gasteiger partial charge is 0.275 e. The highest BCUT2D eigenvalue weighted by molar-refractivity contribution is 7.89. The highest BCUT2D eigenvalue weighted by Crippen LogP contribution is 2.26. The first-order valence-electron chi connectivity index (χ1n) is 10.4. The van der Waals surface area contributed by atoms with E-state index in [0.29, 0.717) is 18.9 Å². The van der Waals surface area contributed by atoms with Gasteiger partial charge in [-0.1, -0.05) is 0 Å². The molecule has 0 atom stereocenters. The van der Waals surface area contributed by atoms with Gasteiger partial charge in [0.15, 0.2) is 5.82 Å². The quantitative estimate of drug-likeness (QED) is 0.583. The third-order valence-electron chi connectivity index (χ3n) is 5.63. The van der Waals surface area contributed by atoms with Crippen molar-refractivity contribution in [2.75, 3.05) is 18.8 Å². The minimum atomic E-state index is -3.12. The molecular weight excluding hydrogens is 414 g/mol. The summed E-state index contributed by atoms with van der Waals surface area (Å²) in [4.78, 5) is 9.04. The SMILES string of the molecule is CCS(=O)(=O)N1CCC(n2cc(-c3ccnc(/C=C(/C)c4cnn(C)c4)n3)cn2)CC1. The Morgan fingerprint density at radius 1 is 1.19 bits per heavy atom. The van der Waals surface area contributed by atoms with Crippen LogP contribution >= 0.6 is 0 Å². The number of aromatic nitrogens is 6. The molecule has 3 aromatic heterocycles. The third-order valence-corrected chi connectivity index (χ3v) is 7.51. The second-order valence-corrected chi connectivity index (χ2v) is 10.0. The molecule has 0 radical (unpaired) electrons. The molecule has 4 heterocycles. The molecule has 0 unspecified atom stereocenters. The van der Waals surface area contributed by atoms with E-state index in [-0.39, 0.29) is 11.8 Å². The van der Waals surface area contributed by atoms with Crippen molar-refractivity contribution in [1.29, 1.82) is 0 Å². The van der Waals surface area contributed by atoms with Crippen molar-refractivity contribution in [3.8, 4) is 11.3 Å². The van der Waals surface area contributed by atoms with Gasteiger partial charge in [0.1, 0.15) is 0 Å². The first-order valence-corrected chi connectivity index (χ1v) is 12.0. The summed E-state index contributed by atoms with van der Waals surface area (Å²) in [5.41, 5.74) is 3.78. The van der Waals surface area contributed by atoms with Crippen LogP contribution in [0.25, 0.3) is 22.9 Å². The molecule has 10 heteroatoms. The zero-order valence-electron chi connectivity index (χ0n) is 18.0. The number of hydrogen-bond acceptors (Lipinski definition) is 6. The normalized spacial score (nSPS) is 16.7. The summed E-state index contributed by atoms with van der Waals surface area (Å²) in [5.74, 6) is 0.776. The van der Waals surface area contributed by atoms with Gasteiger partial charge in [0.05, 0.1) is 29.9 Å². The van der Waals surface area contributed by atoms with E-state index in [2.05, 4.69) is 20.2 Å². The van der Waals surface area contributed by atoms with Crippen molar-refractivity contribution in [2.24, 2.45) is 7.05 Å². The fourth-order valence-corrected chi connectivity index (χ4v) is 4.88. The Kier molecular flexibility index (Phi) is 6.01. The van der Waals surface area contributed by atoms with Crippen molar-refractivity contribution in [1.82, 2.24) is 33.8 Å². The molecule has 1 saturated heterocycles. The fraction of sp³-hybridized carbons (Fsp3) is 0.429. The molecule has 0 aliphatic carbocycles. The molecule has 4 rings (SSSR count). The van der Waals surface area contributed by atoms with E-state index in [4.69, 9.17) is 0 Å². The number of allylic oxidation sites excluding steroid dienone is 1. The maximum Gasteiger partial charge on any atom is 0.213 e. The van der Waals surface area contributed by atoms with Crippen LogP contribution in [-0.2, 0) is 17.1 Å². The van der Waals surface area contributed by atoms with Gasteiger partial charge in [0.2, 0.25) is 10.0 Å². The topological polar surface area (TPSA) is 98.8 Å². The third kappa shape index (κ3) is 4.75. The summed E-state index contributed by atoms with van der Waals surface area (Å²) < 4.78 is 29.4. The lowest BCUT2D eigenvalue weighted by Crippen LogP contribution is -2.39. The molecule has 0 saturated carbocycles. The summed E-state index contributed by atoms with van der Waals surface area (Å²) in [6.07, 6.45) is 12.8. The van der Waals surface area contributed by atoms with Gasteiger partial charge in [-0.15, -0.1) is 0 Å². The maximum atomic E-state index is 12.1. The predicted molar refractivity (Wildman–Crippen MR) is 119 cm³/mol. The van der Waals surface area contributed by atoms with E-state index < -0.39 is 10.0 Å². The second kappa shape index (κ2) is 8.72. The van der Waals surface area contributed by atoms with Crippen molar-refractivity contribution in [3.63, 3.8) is 0 Å². The van der Waals surface area contributed by atoms with Gasteiger partial charge in [0, 0.05) is 49.9 Å². The van der Waals surface area contributed by atoms with E-state index >= 15 is 0 Å². The van der Waals surface area contributed by atoms with E-state index in [1.54, 1.807) is 28.3 Å². The number of sulfonamides is 1. The Bertz CT molecular complexity index is 1190. The van der Waals surface area contributed by atoms with Crippen LogP contribution < -0.4 is 0 Å². The number of nitrogens with zero attached hydrogens (tertiary/aromatic N) is 7. The van der Waals surface area contributed by atoms with Crippen LogP contribution in [0.15, 0.2) is 37.1 Å². The molecule has 0 spiro atoms. The van der Waals surface area contributed by atoms with Gasteiger partial charge in [-0.3, -0.25) is 9.36 Å². The lowest BCUT2D eigenvalue weighted by Gasteiger charge is -2.31. The summed E-state index contributed by atoms with van der Waals surface area (Å²) in [5, 5.41) is 8.73. The van der Waals surface area contributed by atoms with Gasteiger partial charge in [-0.2, -0.15) is 10.2 Å². The lowest BCUT2D eigenvalue weighted by atomic mass is 10.1. The molecule has 0 aromatic carbocycles. The summed E-state index contributed by atoms with van der Waals surface area (Å²) in [6.45, 7) is 4.76. The van der Waals surface area contributed by atoms with Gasteiger partial charge in [-0.25, -0.2) is 22.7 Å². The average Bonchev–Trinajstić information content (AvgIpc) is 3.44. The van der Waals surface area contributed by atoms with E-state index in [1.807, 2.05) is 49.4 Å². The van der Waals surface area contributed by atoms with Crippen LogP contribution in [0.2, 0.25) is 0 Å². The van der Waals surface area contributed by atoms with Crippen LogP contribution in [-0.4, -0.2) is 61.1 Å². The van der Waals surface area contributed by atoms with Crippen LogP contribution in [0.4, 0.5) is 0 Å². The van der Waals surface area contributed by atoms with Crippen molar-refractivity contribution < 1.29 is 8.42 Å². The first-order chi connectivity index (χ1) is 14.9. The smallest absolute Gasteiger partial charge is 0.213 e. The molecular formula is C21H27N7O2S. The molecule has 31 heavy (non-hydrogen) atoms. The van der Waals surface area contributed by atoms with Crippen LogP contribution in [0.1, 0.15) is 44.1 Å². The summed E-state index contributed by atoms with van der Waals surface area (Å²) >= 11 is 0. The minimum absolute atomic E-state index is 0.147. The summed E-state index contributed by atoms with van der Waals surface area (Å²) in [6, 6.07) is 2.06. The number of hydrogen-bond donors (Lipinski definition) is 0. The average molecular weight is 442 g/mol. The van der Waals surface area contributed by atoms with Crippen molar-refractivity contribution in [2.45, 2.75) is 32.7 Å². The molecule has 164 valence electrons. The number of piperidine rings is 1. The zero-order chi connectivity index (χ0) is 22.0. The molecule has 1 aliphatic rings. The number of aryl methyl sites for hydroxylation is 1. The Labute approximate surface area is 182 Å². The Morgan fingerprint density at radius 2 is 1.97 bits per heavy atom. The maximum absolute atomic E-state index is 12.1. The highest BCUT2D eigenvalue weighted by atomic mass is 32.2. The molecule has 3 aromatic rings. The van der Waals surface area contributed by atoms with E-state index in [1.165, 1.54) is 0 Å². The Hall–Kier alpha value is -2.85. The molecule has 1 fully saturated rings. The molecule has 0 amide bonds. The van der Waals surface area contributed by atoms with Crippen LogP contribution in [0, 0.1) is 0 Å².